The van der Waals surface area contributed by atoms with E-state index in [4.69, 9.17) is 9.84 Å². The highest BCUT2D eigenvalue weighted by atomic mass is 16.5. The second-order valence-corrected chi connectivity index (χ2v) is 6.77. The van der Waals surface area contributed by atoms with Crippen LogP contribution in [0.25, 0.3) is 11.3 Å². The van der Waals surface area contributed by atoms with E-state index in [2.05, 4.69) is 22.9 Å². The van der Waals surface area contributed by atoms with Gasteiger partial charge in [0.2, 0.25) is 0 Å². The average Bonchev–Trinajstić information content (AvgIpc) is 3.17. The first-order valence-corrected chi connectivity index (χ1v) is 9.78. The third kappa shape index (κ3) is 4.05. The lowest BCUT2D eigenvalue weighted by Crippen LogP contribution is -2.04. The number of hydrogen-bond donors (Lipinski definition) is 2. The van der Waals surface area contributed by atoms with Crippen LogP contribution in [0, 0.1) is 0 Å². The van der Waals surface area contributed by atoms with E-state index in [0.29, 0.717) is 0 Å². The number of carboxylic acid groups (broad SMARTS) is 1. The van der Waals surface area contributed by atoms with Gasteiger partial charge in [0.05, 0.1) is 11.3 Å². The fraction of sp³-hybridized carbons (Fsp3) is 0.0800. The summed E-state index contributed by atoms with van der Waals surface area (Å²) < 4.78 is 8.30. The average molecular weight is 398 g/mol. The molecule has 0 spiro atoms. The molecule has 5 heteroatoms. The number of nitrogens with zero attached hydrogens (tertiary/aromatic N) is 1. The number of carbonyl (C=O) groups is 1. The van der Waals surface area contributed by atoms with E-state index < -0.39 is 5.97 Å². The van der Waals surface area contributed by atoms with E-state index in [1.54, 1.807) is 24.3 Å². The lowest BCUT2D eigenvalue weighted by molar-refractivity contribution is 0.0697. The molecule has 30 heavy (non-hydrogen) atoms. The second-order valence-electron chi connectivity index (χ2n) is 6.77. The molecule has 0 saturated carbocycles. The molecule has 0 aliphatic carbocycles. The van der Waals surface area contributed by atoms with Crippen molar-refractivity contribution in [3.8, 4) is 22.8 Å². The predicted octanol–water partition coefficient (Wildman–Crippen LogP) is 6.41. The quantitative estimate of drug-likeness (QED) is 0.378. The maximum Gasteiger partial charge on any atom is 0.335 e. The molecular formula is C25H22N2O3. The van der Waals surface area contributed by atoms with Crippen molar-refractivity contribution < 1.29 is 14.6 Å². The minimum absolute atomic E-state index is 0.263. The number of ether oxygens (including phenoxy) is 1. The molecule has 0 bridgehead atoms. The van der Waals surface area contributed by atoms with Crippen LogP contribution in [0.2, 0.25) is 0 Å². The minimum Gasteiger partial charge on any atom is -0.478 e. The maximum absolute atomic E-state index is 11.1. The van der Waals surface area contributed by atoms with Crippen LogP contribution in [0.3, 0.4) is 0 Å². The van der Waals surface area contributed by atoms with Gasteiger partial charge in [-0.25, -0.2) is 4.79 Å². The van der Waals surface area contributed by atoms with Gasteiger partial charge in [0.1, 0.15) is 17.3 Å². The fourth-order valence-electron chi connectivity index (χ4n) is 3.38. The van der Waals surface area contributed by atoms with E-state index in [9.17, 15) is 4.79 Å². The topological polar surface area (TPSA) is 63.5 Å². The van der Waals surface area contributed by atoms with Gasteiger partial charge in [0.15, 0.2) is 0 Å². The van der Waals surface area contributed by atoms with Gasteiger partial charge >= 0.3 is 5.97 Å². The zero-order chi connectivity index (χ0) is 20.9. The Morgan fingerprint density at radius 3 is 2.30 bits per heavy atom. The molecule has 1 heterocycles. The highest BCUT2D eigenvalue weighted by Crippen LogP contribution is 2.36. The van der Waals surface area contributed by atoms with Crippen LogP contribution in [-0.2, 0) is 6.54 Å². The Morgan fingerprint density at radius 1 is 0.900 bits per heavy atom. The van der Waals surface area contributed by atoms with Crippen LogP contribution in [0.4, 0.5) is 11.5 Å². The van der Waals surface area contributed by atoms with Crippen molar-refractivity contribution in [1.29, 1.82) is 0 Å². The first-order valence-electron chi connectivity index (χ1n) is 9.78. The van der Waals surface area contributed by atoms with Crippen LogP contribution in [0.5, 0.6) is 11.5 Å². The third-order valence-electron chi connectivity index (χ3n) is 4.84. The highest BCUT2D eigenvalue weighted by Gasteiger charge is 2.14. The predicted molar refractivity (Wildman–Crippen MR) is 119 cm³/mol. The van der Waals surface area contributed by atoms with Crippen molar-refractivity contribution >= 4 is 17.5 Å². The molecule has 0 fully saturated rings. The number of aromatic nitrogens is 1. The normalized spacial score (nSPS) is 10.6. The Kier molecular flexibility index (Phi) is 5.52. The molecule has 1 aromatic heterocycles. The lowest BCUT2D eigenvalue weighted by atomic mass is 10.1. The summed E-state index contributed by atoms with van der Waals surface area (Å²) in [6, 6.07) is 28.5. The van der Waals surface area contributed by atoms with Crippen molar-refractivity contribution in [2.75, 3.05) is 5.32 Å². The van der Waals surface area contributed by atoms with Gasteiger partial charge in [0, 0.05) is 17.8 Å². The maximum atomic E-state index is 11.1. The molecule has 0 radical (unpaired) electrons. The van der Waals surface area contributed by atoms with Gasteiger partial charge in [-0.3, -0.25) is 0 Å². The largest absolute Gasteiger partial charge is 0.478 e. The van der Waals surface area contributed by atoms with Crippen LogP contribution in [-0.4, -0.2) is 15.6 Å². The molecule has 0 unspecified atom stereocenters. The van der Waals surface area contributed by atoms with Crippen molar-refractivity contribution in [2.24, 2.45) is 0 Å². The molecule has 2 N–H and O–H groups in total. The van der Waals surface area contributed by atoms with Crippen LogP contribution in [0.15, 0.2) is 91.0 Å². The molecule has 5 nitrogen and oxygen atoms in total. The second kappa shape index (κ2) is 8.57. The van der Waals surface area contributed by atoms with Gasteiger partial charge in [-0.1, -0.05) is 30.3 Å². The third-order valence-corrected chi connectivity index (χ3v) is 4.84. The van der Waals surface area contributed by atoms with Crippen molar-refractivity contribution in [3.63, 3.8) is 0 Å². The number of anilines is 2. The summed E-state index contributed by atoms with van der Waals surface area (Å²) in [5.41, 5.74) is 3.12. The zero-order valence-corrected chi connectivity index (χ0v) is 16.6. The number of hydrogen-bond acceptors (Lipinski definition) is 3. The number of aromatic carboxylic acids is 1. The Hall–Kier alpha value is -3.99. The molecule has 0 aliphatic rings. The fourth-order valence-corrected chi connectivity index (χ4v) is 3.38. The van der Waals surface area contributed by atoms with Crippen molar-refractivity contribution in [1.82, 2.24) is 4.57 Å². The van der Waals surface area contributed by atoms with Gasteiger partial charge in [-0.15, -0.1) is 0 Å². The number of para-hydroxylation sites is 2. The standard InChI is InChI=1S/C25H22N2O3/c1-2-27-22(16-17-24(27)26-19-14-12-18(13-15-19)25(28)29)21-10-6-7-11-23(21)30-20-8-4-3-5-9-20/h3-17,26H,2H2,1H3,(H,28,29). The van der Waals surface area contributed by atoms with E-state index >= 15 is 0 Å². The molecule has 0 amide bonds. The summed E-state index contributed by atoms with van der Waals surface area (Å²) in [5, 5.41) is 12.5. The van der Waals surface area contributed by atoms with E-state index in [1.807, 2.05) is 60.7 Å². The molecule has 150 valence electrons. The van der Waals surface area contributed by atoms with E-state index in [0.717, 1.165) is 40.8 Å². The molecule has 3 aromatic carbocycles. The summed E-state index contributed by atoms with van der Waals surface area (Å²) >= 11 is 0. The van der Waals surface area contributed by atoms with Crippen molar-refractivity contribution in [3.05, 3.63) is 96.6 Å². The van der Waals surface area contributed by atoms with Crippen LogP contribution in [0.1, 0.15) is 17.3 Å². The highest BCUT2D eigenvalue weighted by molar-refractivity contribution is 5.88. The molecule has 4 aromatic rings. The summed E-state index contributed by atoms with van der Waals surface area (Å²) in [4.78, 5) is 11.1. The monoisotopic (exact) mass is 398 g/mol. The van der Waals surface area contributed by atoms with Gasteiger partial charge in [0.25, 0.3) is 0 Å². The summed E-state index contributed by atoms with van der Waals surface area (Å²) in [5.74, 6) is 1.56. The Morgan fingerprint density at radius 2 is 1.60 bits per heavy atom. The summed E-state index contributed by atoms with van der Waals surface area (Å²) in [6.45, 7) is 2.85. The molecular weight excluding hydrogens is 376 g/mol. The lowest BCUT2D eigenvalue weighted by Gasteiger charge is -2.16. The summed E-state index contributed by atoms with van der Waals surface area (Å²) in [7, 11) is 0. The molecule has 0 atom stereocenters. The first-order chi connectivity index (χ1) is 14.7. The van der Waals surface area contributed by atoms with E-state index in [1.165, 1.54) is 0 Å². The van der Waals surface area contributed by atoms with E-state index in [-0.39, 0.29) is 5.56 Å². The zero-order valence-electron chi connectivity index (χ0n) is 16.6. The van der Waals surface area contributed by atoms with Crippen LogP contribution < -0.4 is 10.1 Å². The minimum atomic E-state index is -0.934. The molecule has 4 rings (SSSR count). The Labute approximate surface area is 175 Å². The van der Waals surface area contributed by atoms with Crippen molar-refractivity contribution in [2.45, 2.75) is 13.5 Å². The smallest absolute Gasteiger partial charge is 0.335 e. The number of carboxylic acids is 1. The van der Waals surface area contributed by atoms with Gasteiger partial charge < -0.3 is 19.7 Å². The summed E-state index contributed by atoms with van der Waals surface area (Å²) in [6.07, 6.45) is 0. The number of nitrogens with one attached hydrogen (secondary N) is 1. The first kappa shape index (κ1) is 19.3. The SMILES string of the molecule is CCn1c(Nc2ccc(C(=O)O)cc2)ccc1-c1ccccc1Oc1ccccc1. The molecule has 0 aliphatic heterocycles. The van der Waals surface area contributed by atoms with Crippen LogP contribution >= 0.6 is 0 Å². The number of benzene rings is 3. The Bertz CT molecular complexity index is 1150. The van der Waals surface area contributed by atoms with Gasteiger partial charge in [-0.05, 0) is 67.6 Å². The molecule has 0 saturated heterocycles. The van der Waals surface area contributed by atoms with Gasteiger partial charge in [-0.2, -0.15) is 0 Å². The number of rotatable bonds is 7. The Balaban J connectivity index is 1.65.